The normalized spacial score (nSPS) is 23.0. The molecule has 0 bridgehead atoms. The Morgan fingerprint density at radius 2 is 1.43 bits per heavy atom. The lowest BCUT2D eigenvalue weighted by atomic mass is 9.77. The number of likely N-dealkylation sites (tertiary alicyclic amines) is 2. The minimum Gasteiger partial charge on any atom is -0.342 e. The lowest BCUT2D eigenvalue weighted by Crippen LogP contribution is -2.50. The number of hydrogen-bond donors (Lipinski definition) is 0. The zero-order chi connectivity index (χ0) is 19.6. The minimum absolute atomic E-state index is 0.0625. The maximum absolute atomic E-state index is 13.5. The highest BCUT2D eigenvalue weighted by Crippen LogP contribution is 2.43. The average Bonchev–Trinajstić information content (AvgIpc) is 3.25. The summed E-state index contributed by atoms with van der Waals surface area (Å²) in [4.78, 5) is 30.3. The fourth-order valence-electron chi connectivity index (χ4n) is 5.38. The first-order chi connectivity index (χ1) is 13.6. The van der Waals surface area contributed by atoms with Gasteiger partial charge in [0, 0.05) is 32.1 Å². The smallest absolute Gasteiger partial charge is 0.233 e. The Hall–Kier alpha value is -1.91. The first-order valence-corrected chi connectivity index (χ1v) is 10.9. The highest BCUT2D eigenvalue weighted by Gasteiger charge is 2.45. The monoisotopic (exact) mass is 386 g/mol. The Kier molecular flexibility index (Phi) is 5.70. The van der Waals surface area contributed by atoms with Gasteiger partial charge in [-0.1, -0.05) is 25.0 Å². The fraction of sp³-hybridized carbons (Fsp3) is 0.652. The summed E-state index contributed by atoms with van der Waals surface area (Å²) in [7, 11) is 0. The molecule has 4 nitrogen and oxygen atoms in total. The maximum Gasteiger partial charge on any atom is 0.233 e. The van der Waals surface area contributed by atoms with Crippen LogP contribution in [0.2, 0.25) is 0 Å². The van der Waals surface area contributed by atoms with Crippen molar-refractivity contribution in [2.24, 2.45) is 5.92 Å². The third kappa shape index (κ3) is 3.68. The molecule has 0 aromatic heterocycles. The van der Waals surface area contributed by atoms with Crippen molar-refractivity contribution in [3.63, 3.8) is 0 Å². The first kappa shape index (κ1) is 19.4. The summed E-state index contributed by atoms with van der Waals surface area (Å²) in [5.41, 5.74) is 0.445. The Bertz CT molecular complexity index is 698. The van der Waals surface area contributed by atoms with E-state index in [1.165, 1.54) is 18.6 Å². The molecule has 0 atom stereocenters. The van der Waals surface area contributed by atoms with Crippen LogP contribution in [0.5, 0.6) is 0 Å². The number of benzene rings is 1. The molecule has 3 aliphatic rings. The predicted octanol–water partition coefficient (Wildman–Crippen LogP) is 3.89. The molecule has 1 aromatic carbocycles. The van der Waals surface area contributed by atoms with E-state index in [1.807, 2.05) is 9.80 Å². The number of hydrogen-bond acceptors (Lipinski definition) is 2. The molecular weight excluding hydrogens is 355 g/mol. The van der Waals surface area contributed by atoms with Gasteiger partial charge in [0.05, 0.1) is 5.41 Å². The summed E-state index contributed by atoms with van der Waals surface area (Å²) in [6.07, 6.45) is 8.73. The second kappa shape index (κ2) is 8.22. The Morgan fingerprint density at radius 3 is 2.04 bits per heavy atom. The van der Waals surface area contributed by atoms with Crippen LogP contribution in [-0.2, 0) is 15.0 Å². The van der Waals surface area contributed by atoms with Crippen molar-refractivity contribution in [3.8, 4) is 0 Å². The van der Waals surface area contributed by atoms with Gasteiger partial charge in [0.2, 0.25) is 11.8 Å². The van der Waals surface area contributed by atoms with Crippen LogP contribution in [0, 0.1) is 11.7 Å². The Labute approximate surface area is 167 Å². The Morgan fingerprint density at radius 1 is 0.821 bits per heavy atom. The average molecular weight is 387 g/mol. The molecule has 2 aliphatic heterocycles. The van der Waals surface area contributed by atoms with Gasteiger partial charge in [0.15, 0.2) is 0 Å². The second-order valence-electron chi connectivity index (χ2n) is 8.75. The van der Waals surface area contributed by atoms with Gasteiger partial charge in [-0.2, -0.15) is 0 Å². The molecule has 3 fully saturated rings. The van der Waals surface area contributed by atoms with Crippen molar-refractivity contribution >= 4 is 11.8 Å². The van der Waals surface area contributed by atoms with Crippen LogP contribution in [0.4, 0.5) is 4.39 Å². The molecule has 1 aromatic rings. The fourth-order valence-corrected chi connectivity index (χ4v) is 5.38. The molecule has 2 heterocycles. The van der Waals surface area contributed by atoms with Gasteiger partial charge >= 0.3 is 0 Å². The molecule has 152 valence electrons. The highest BCUT2D eigenvalue weighted by atomic mass is 19.1. The molecule has 2 amide bonds. The van der Waals surface area contributed by atoms with E-state index in [2.05, 4.69) is 0 Å². The Balaban J connectivity index is 1.42. The van der Waals surface area contributed by atoms with E-state index in [-0.39, 0.29) is 17.6 Å². The molecule has 0 spiro atoms. The van der Waals surface area contributed by atoms with Crippen molar-refractivity contribution in [2.75, 3.05) is 26.2 Å². The van der Waals surface area contributed by atoms with Crippen molar-refractivity contribution in [1.82, 2.24) is 9.80 Å². The van der Waals surface area contributed by atoms with E-state index >= 15 is 0 Å². The number of carbonyl (C=O) groups is 2. The van der Waals surface area contributed by atoms with Crippen LogP contribution in [0.15, 0.2) is 24.3 Å². The predicted molar refractivity (Wildman–Crippen MR) is 106 cm³/mol. The molecule has 2 saturated heterocycles. The molecular formula is C23H31FN2O2. The van der Waals surface area contributed by atoms with Crippen LogP contribution >= 0.6 is 0 Å². The van der Waals surface area contributed by atoms with Crippen molar-refractivity contribution in [1.29, 1.82) is 0 Å². The van der Waals surface area contributed by atoms with Gasteiger partial charge in [-0.05, 0) is 62.6 Å². The van der Waals surface area contributed by atoms with E-state index in [0.29, 0.717) is 19.0 Å². The quantitative estimate of drug-likeness (QED) is 0.791. The molecule has 0 unspecified atom stereocenters. The summed E-state index contributed by atoms with van der Waals surface area (Å²) in [5, 5.41) is 0. The number of piperidine rings is 2. The number of amides is 2. The van der Waals surface area contributed by atoms with Gasteiger partial charge in [-0.15, -0.1) is 0 Å². The van der Waals surface area contributed by atoms with Crippen molar-refractivity contribution in [2.45, 2.75) is 63.2 Å². The number of halogens is 1. The molecule has 4 rings (SSSR count). The van der Waals surface area contributed by atoms with Crippen molar-refractivity contribution < 1.29 is 14.0 Å². The van der Waals surface area contributed by atoms with Crippen LogP contribution in [0.25, 0.3) is 0 Å². The molecule has 28 heavy (non-hydrogen) atoms. The summed E-state index contributed by atoms with van der Waals surface area (Å²) >= 11 is 0. The van der Waals surface area contributed by atoms with Crippen LogP contribution in [0.1, 0.15) is 63.4 Å². The minimum atomic E-state index is -0.503. The van der Waals surface area contributed by atoms with Crippen molar-refractivity contribution in [3.05, 3.63) is 35.6 Å². The SMILES string of the molecule is O=C(C1CCN(C(=O)C2(c3ccc(F)cc3)CCCC2)CC1)N1CCCCC1. The van der Waals surface area contributed by atoms with E-state index in [9.17, 15) is 14.0 Å². The molecule has 0 N–H and O–H groups in total. The van der Waals surface area contributed by atoms with E-state index in [1.54, 1.807) is 12.1 Å². The summed E-state index contributed by atoms with van der Waals surface area (Å²) in [5.74, 6) is 0.273. The summed E-state index contributed by atoms with van der Waals surface area (Å²) in [6, 6.07) is 6.49. The zero-order valence-electron chi connectivity index (χ0n) is 16.7. The zero-order valence-corrected chi connectivity index (χ0v) is 16.7. The van der Waals surface area contributed by atoms with Crippen LogP contribution in [-0.4, -0.2) is 47.8 Å². The van der Waals surface area contributed by atoms with E-state index < -0.39 is 5.41 Å². The number of nitrogens with zero attached hydrogens (tertiary/aromatic N) is 2. The summed E-state index contributed by atoms with van der Waals surface area (Å²) in [6.45, 7) is 3.11. The second-order valence-corrected chi connectivity index (χ2v) is 8.75. The van der Waals surface area contributed by atoms with Crippen LogP contribution in [0.3, 0.4) is 0 Å². The van der Waals surface area contributed by atoms with Gasteiger partial charge in [0.25, 0.3) is 0 Å². The van der Waals surface area contributed by atoms with Gasteiger partial charge in [-0.3, -0.25) is 9.59 Å². The number of rotatable bonds is 3. The third-order valence-electron chi connectivity index (χ3n) is 7.06. The number of carbonyl (C=O) groups excluding carboxylic acids is 2. The van der Waals surface area contributed by atoms with E-state index in [4.69, 9.17) is 0 Å². The van der Waals surface area contributed by atoms with Gasteiger partial charge < -0.3 is 9.80 Å². The first-order valence-electron chi connectivity index (χ1n) is 10.9. The largest absolute Gasteiger partial charge is 0.342 e. The van der Waals surface area contributed by atoms with Crippen LogP contribution < -0.4 is 0 Å². The highest BCUT2D eigenvalue weighted by molar-refractivity contribution is 5.89. The summed E-state index contributed by atoms with van der Waals surface area (Å²) < 4.78 is 13.4. The standard InChI is InChI=1S/C23H31FN2O2/c24-20-8-6-19(7-9-20)23(12-2-3-13-23)22(28)26-16-10-18(11-17-26)21(27)25-14-4-1-5-15-25/h6-9,18H,1-5,10-17H2. The van der Waals surface area contributed by atoms with E-state index in [0.717, 1.165) is 70.0 Å². The molecule has 1 aliphatic carbocycles. The third-order valence-corrected chi connectivity index (χ3v) is 7.06. The lowest BCUT2D eigenvalue weighted by Gasteiger charge is -2.39. The topological polar surface area (TPSA) is 40.6 Å². The maximum atomic E-state index is 13.5. The van der Waals surface area contributed by atoms with Gasteiger partial charge in [0.1, 0.15) is 5.82 Å². The lowest BCUT2D eigenvalue weighted by molar-refractivity contribution is -0.144. The molecule has 1 saturated carbocycles. The van der Waals surface area contributed by atoms with Gasteiger partial charge in [-0.25, -0.2) is 4.39 Å². The molecule has 5 heteroatoms. The molecule has 0 radical (unpaired) electrons.